The van der Waals surface area contributed by atoms with Gasteiger partial charge in [-0.05, 0) is 42.5 Å². The molecule has 3 aromatic carbocycles. The van der Waals surface area contributed by atoms with E-state index >= 15 is 4.39 Å². The summed E-state index contributed by atoms with van der Waals surface area (Å²) in [6, 6.07) is 12.7. The number of ether oxygens (including phenoxy) is 4. The number of benzene rings is 3. The molecule has 48 heavy (non-hydrogen) atoms. The van der Waals surface area contributed by atoms with Gasteiger partial charge in [0.05, 0.1) is 73.5 Å². The molecule has 2 aromatic heterocycles. The Morgan fingerprint density at radius 3 is 2.71 bits per heavy atom. The number of para-hydroxylation sites is 1. The Balaban J connectivity index is 1.09. The van der Waals surface area contributed by atoms with Crippen molar-refractivity contribution in [3.63, 3.8) is 0 Å². The van der Waals surface area contributed by atoms with Crippen LogP contribution in [0.1, 0.15) is 34.4 Å². The van der Waals surface area contributed by atoms with Crippen LogP contribution in [0.2, 0.25) is 5.02 Å². The Morgan fingerprint density at radius 1 is 1.06 bits per heavy atom. The minimum Gasteiger partial charge on any atom is -0.465 e. The number of hydrogen-bond acceptors (Lipinski definition) is 10. The molecule has 14 heteroatoms. The maximum atomic E-state index is 15.4. The van der Waals surface area contributed by atoms with E-state index in [-0.39, 0.29) is 40.3 Å². The summed E-state index contributed by atoms with van der Waals surface area (Å²) in [5, 5.41) is 0.283. The third kappa shape index (κ3) is 5.13. The van der Waals surface area contributed by atoms with Crippen molar-refractivity contribution >= 4 is 34.3 Å². The number of carbonyl (C=O) groups excluding carboxylic acids is 1. The topological polar surface area (TPSA) is 104 Å². The van der Waals surface area contributed by atoms with Crippen LogP contribution in [0, 0.1) is 11.6 Å². The van der Waals surface area contributed by atoms with Crippen molar-refractivity contribution in [1.82, 2.24) is 19.4 Å². The fourth-order valence-corrected chi connectivity index (χ4v) is 7.13. The number of fused-ring (bicyclic) bond motifs is 3. The molecular formula is C34H30ClF2N5O6. The van der Waals surface area contributed by atoms with Crippen LogP contribution in [-0.2, 0) is 28.4 Å². The second-order valence-corrected chi connectivity index (χ2v) is 12.6. The molecule has 3 atom stereocenters. The largest absolute Gasteiger partial charge is 0.465 e. The van der Waals surface area contributed by atoms with Crippen LogP contribution in [0.4, 0.5) is 14.5 Å². The zero-order chi connectivity index (χ0) is 33.2. The monoisotopic (exact) mass is 677 g/mol. The molecule has 3 aliphatic rings. The number of nitrogens with zero attached hydrogens (tertiary/aromatic N) is 5. The van der Waals surface area contributed by atoms with Crippen molar-refractivity contribution in [3.8, 4) is 11.5 Å². The molecule has 248 valence electrons. The van der Waals surface area contributed by atoms with Gasteiger partial charge in [0.25, 0.3) is 5.79 Å². The number of imidazole rings is 1. The van der Waals surface area contributed by atoms with Crippen LogP contribution < -0.4 is 14.4 Å². The maximum absolute atomic E-state index is 15.4. The highest BCUT2D eigenvalue weighted by atomic mass is 35.5. The van der Waals surface area contributed by atoms with Gasteiger partial charge in [-0.1, -0.05) is 17.7 Å². The number of halogens is 3. The minimum atomic E-state index is -1.38. The first kappa shape index (κ1) is 30.6. The van der Waals surface area contributed by atoms with E-state index in [0.717, 1.165) is 11.8 Å². The van der Waals surface area contributed by atoms with Gasteiger partial charge < -0.3 is 32.8 Å². The average molecular weight is 678 g/mol. The Bertz CT molecular complexity index is 2040. The Morgan fingerprint density at radius 2 is 1.92 bits per heavy atom. The van der Waals surface area contributed by atoms with Gasteiger partial charge in [-0.3, -0.25) is 4.90 Å². The van der Waals surface area contributed by atoms with Crippen molar-refractivity contribution in [2.45, 2.75) is 37.9 Å². The van der Waals surface area contributed by atoms with E-state index < -0.39 is 23.4 Å². The quantitative estimate of drug-likeness (QED) is 0.205. The second kappa shape index (κ2) is 11.8. The smallest absolute Gasteiger partial charge is 0.338 e. The van der Waals surface area contributed by atoms with Crippen LogP contribution in [-0.4, -0.2) is 70.9 Å². The lowest BCUT2D eigenvalue weighted by molar-refractivity contribution is -0.0705. The molecule has 2 saturated heterocycles. The number of carbonyl (C=O) groups is 1. The predicted octanol–water partition coefficient (Wildman–Crippen LogP) is 5.52. The molecule has 0 spiro atoms. The maximum Gasteiger partial charge on any atom is 0.338 e. The normalized spacial score (nSPS) is 22.0. The van der Waals surface area contributed by atoms with Crippen LogP contribution in [0.25, 0.3) is 11.0 Å². The first-order valence-corrected chi connectivity index (χ1v) is 15.8. The minimum absolute atomic E-state index is 0.0344. The van der Waals surface area contributed by atoms with Gasteiger partial charge in [0.2, 0.25) is 0 Å². The van der Waals surface area contributed by atoms with Gasteiger partial charge >= 0.3 is 5.97 Å². The predicted molar refractivity (Wildman–Crippen MR) is 169 cm³/mol. The molecule has 5 aromatic rings. The van der Waals surface area contributed by atoms with E-state index in [1.807, 2.05) is 16.7 Å². The molecule has 0 N–H and O–H groups in total. The van der Waals surface area contributed by atoms with Crippen molar-refractivity contribution in [2.75, 3.05) is 38.3 Å². The highest BCUT2D eigenvalue weighted by molar-refractivity contribution is 6.30. The van der Waals surface area contributed by atoms with E-state index in [2.05, 4.69) is 14.8 Å². The Hall–Kier alpha value is -4.72. The summed E-state index contributed by atoms with van der Waals surface area (Å²) in [5.41, 5.74) is 2.37. The molecule has 0 saturated carbocycles. The molecule has 8 rings (SSSR count). The third-order valence-electron chi connectivity index (χ3n) is 9.26. The van der Waals surface area contributed by atoms with Gasteiger partial charge in [-0.2, -0.15) is 0 Å². The fourth-order valence-electron chi connectivity index (χ4n) is 6.97. The molecule has 0 radical (unpaired) electrons. The molecule has 11 nitrogen and oxygen atoms in total. The summed E-state index contributed by atoms with van der Waals surface area (Å²) >= 11 is 6.00. The molecule has 2 fully saturated rings. The standard InChI is InChI=1S/C34H30ClF2N5O6/c1-34(22-7-6-20(35)12-23(22)36)47-29-5-3-4-25(32(29)48-34)41-9-8-40(27-16-45-17-28(27)41)14-30-39-31-24(37)10-19(33(43)44-2)11-26(31)42(30)13-21-15-46-18-38-21/h3-7,10-12,15,18,27-28H,8-9,13-14,16-17H2,1-2H3/t27-,28+,34-/m1/s1. The van der Waals surface area contributed by atoms with E-state index in [4.69, 9.17) is 39.9 Å². The van der Waals surface area contributed by atoms with Crippen molar-refractivity contribution in [1.29, 1.82) is 0 Å². The summed E-state index contributed by atoms with van der Waals surface area (Å²) in [6.07, 6.45) is 2.85. The molecule has 0 unspecified atom stereocenters. The van der Waals surface area contributed by atoms with Crippen LogP contribution in [0.3, 0.4) is 0 Å². The first-order valence-electron chi connectivity index (χ1n) is 15.4. The Labute approximate surface area is 278 Å². The second-order valence-electron chi connectivity index (χ2n) is 12.1. The number of anilines is 1. The number of esters is 1. The highest BCUT2D eigenvalue weighted by Crippen LogP contribution is 2.51. The third-order valence-corrected chi connectivity index (χ3v) is 9.50. The van der Waals surface area contributed by atoms with Crippen LogP contribution >= 0.6 is 11.6 Å². The van der Waals surface area contributed by atoms with E-state index in [0.29, 0.717) is 61.4 Å². The first-order chi connectivity index (χ1) is 23.2. The van der Waals surface area contributed by atoms with Gasteiger partial charge in [-0.25, -0.2) is 23.5 Å². The number of aromatic nitrogens is 3. The summed E-state index contributed by atoms with van der Waals surface area (Å²) in [5.74, 6) is -1.53. The lowest BCUT2D eigenvalue weighted by Gasteiger charge is -2.44. The Kier molecular flexibility index (Phi) is 7.50. The summed E-state index contributed by atoms with van der Waals surface area (Å²) in [7, 11) is 1.25. The summed E-state index contributed by atoms with van der Waals surface area (Å²) in [4.78, 5) is 25.8. The SMILES string of the molecule is COC(=O)c1cc(F)c2nc(CN3CCN(c4cccc5c4O[C@](C)(c4ccc(Cl)cc4F)O5)[C@H]4COC[C@H]43)n(Cc3cocn3)c2c1. The molecule has 0 bridgehead atoms. The van der Waals surface area contributed by atoms with Crippen LogP contribution in [0.5, 0.6) is 11.5 Å². The lowest BCUT2D eigenvalue weighted by atomic mass is 10.0. The number of piperazine rings is 1. The van der Waals surface area contributed by atoms with Gasteiger partial charge in [0.1, 0.15) is 23.4 Å². The van der Waals surface area contributed by atoms with E-state index in [1.54, 1.807) is 31.2 Å². The zero-order valence-corrected chi connectivity index (χ0v) is 26.7. The average Bonchev–Trinajstić information content (AvgIpc) is 3.88. The highest BCUT2D eigenvalue weighted by Gasteiger charge is 2.46. The summed E-state index contributed by atoms with van der Waals surface area (Å²) < 4.78 is 60.9. The molecule has 0 amide bonds. The van der Waals surface area contributed by atoms with Gasteiger partial charge in [0.15, 0.2) is 23.7 Å². The molecule has 3 aliphatic heterocycles. The van der Waals surface area contributed by atoms with Gasteiger partial charge in [-0.15, -0.1) is 0 Å². The lowest BCUT2D eigenvalue weighted by Crippen LogP contribution is -2.59. The zero-order valence-electron chi connectivity index (χ0n) is 26.0. The van der Waals surface area contributed by atoms with E-state index in [9.17, 15) is 9.18 Å². The number of rotatable bonds is 7. The molecular weight excluding hydrogens is 648 g/mol. The number of methoxy groups -OCH3 is 1. The number of oxazole rings is 1. The molecule has 0 aliphatic carbocycles. The van der Waals surface area contributed by atoms with Crippen molar-refractivity contribution < 1.29 is 36.9 Å². The fraction of sp³-hybridized carbons (Fsp3) is 0.324. The van der Waals surface area contributed by atoms with Crippen LogP contribution in [0.15, 0.2) is 65.6 Å². The number of hydrogen-bond donors (Lipinski definition) is 0. The molecule has 5 heterocycles. The van der Waals surface area contributed by atoms with Crippen molar-refractivity contribution in [2.24, 2.45) is 0 Å². The summed E-state index contributed by atoms with van der Waals surface area (Å²) in [6.45, 7) is 4.52. The van der Waals surface area contributed by atoms with E-state index in [1.165, 1.54) is 25.8 Å². The van der Waals surface area contributed by atoms with Crippen molar-refractivity contribution in [3.05, 3.63) is 100 Å². The van der Waals surface area contributed by atoms with Gasteiger partial charge in [0, 0.05) is 25.0 Å².